The van der Waals surface area contributed by atoms with E-state index in [4.69, 9.17) is 5.73 Å². The highest BCUT2D eigenvalue weighted by Gasteiger charge is 2.34. The Hall–Kier alpha value is -2.23. The van der Waals surface area contributed by atoms with Gasteiger partial charge in [0.15, 0.2) is 17.2 Å². The first kappa shape index (κ1) is 16.1. The van der Waals surface area contributed by atoms with Gasteiger partial charge in [-0.2, -0.15) is 13.2 Å². The molecule has 0 bridgehead atoms. The number of nitrogens with one attached hydrogen (secondary N) is 1. The first-order chi connectivity index (χ1) is 10.3. The van der Waals surface area contributed by atoms with Gasteiger partial charge in [-0.25, -0.2) is 15.0 Å². The van der Waals surface area contributed by atoms with Crippen molar-refractivity contribution < 1.29 is 18.0 Å². The smallest absolute Gasteiger partial charge is 0.382 e. The zero-order valence-electron chi connectivity index (χ0n) is 11.4. The number of hydrogen-bond acceptors (Lipinski definition) is 6. The van der Waals surface area contributed by atoms with E-state index >= 15 is 0 Å². The van der Waals surface area contributed by atoms with E-state index in [1.54, 1.807) is 6.92 Å². The number of carbonyl (C=O) groups excluding carboxylic acids is 1. The Kier molecular flexibility index (Phi) is 4.59. The third kappa shape index (κ3) is 3.50. The normalized spacial score (nSPS) is 12.9. The summed E-state index contributed by atoms with van der Waals surface area (Å²) >= 11 is 0.837. The van der Waals surface area contributed by atoms with Gasteiger partial charge >= 0.3 is 6.18 Å². The monoisotopic (exact) mass is 331 g/mol. The lowest BCUT2D eigenvalue weighted by Gasteiger charge is -2.14. The molecular weight excluding hydrogens is 319 g/mol. The van der Waals surface area contributed by atoms with Crippen LogP contribution < -0.4 is 11.1 Å². The number of nitrogens with zero attached hydrogens (tertiary/aromatic N) is 3. The van der Waals surface area contributed by atoms with Crippen molar-refractivity contribution in [1.29, 1.82) is 0 Å². The lowest BCUT2D eigenvalue weighted by Crippen LogP contribution is -2.29. The van der Waals surface area contributed by atoms with Gasteiger partial charge in [0.05, 0.1) is 6.04 Å². The van der Waals surface area contributed by atoms with Crippen molar-refractivity contribution in [3.63, 3.8) is 0 Å². The molecule has 2 rings (SSSR count). The van der Waals surface area contributed by atoms with Crippen LogP contribution in [0.3, 0.4) is 0 Å². The predicted molar refractivity (Wildman–Crippen MR) is 74.1 cm³/mol. The lowest BCUT2D eigenvalue weighted by atomic mass is 10.2. The molecule has 118 valence electrons. The minimum absolute atomic E-state index is 0.0510. The topological polar surface area (TPSA) is 93.8 Å². The van der Waals surface area contributed by atoms with Gasteiger partial charge < -0.3 is 11.1 Å². The highest BCUT2D eigenvalue weighted by molar-refractivity contribution is 7.09. The van der Waals surface area contributed by atoms with Crippen LogP contribution in [0.25, 0.3) is 0 Å². The van der Waals surface area contributed by atoms with Gasteiger partial charge in [-0.15, -0.1) is 11.3 Å². The molecule has 0 fully saturated rings. The number of carbonyl (C=O) groups is 1. The summed E-state index contributed by atoms with van der Waals surface area (Å²) in [5.74, 6) is -0.661. The third-order valence-electron chi connectivity index (χ3n) is 2.77. The van der Waals surface area contributed by atoms with Crippen LogP contribution in [0, 0.1) is 0 Å². The van der Waals surface area contributed by atoms with E-state index in [-0.39, 0.29) is 16.5 Å². The summed E-state index contributed by atoms with van der Waals surface area (Å²) in [6.07, 6.45) is -1.50. The lowest BCUT2D eigenvalue weighted by molar-refractivity contribution is -0.140. The van der Waals surface area contributed by atoms with Gasteiger partial charge in [0.1, 0.15) is 5.01 Å². The van der Waals surface area contributed by atoms with E-state index in [0.717, 1.165) is 16.7 Å². The van der Waals surface area contributed by atoms with Crippen LogP contribution in [0.1, 0.15) is 40.6 Å². The van der Waals surface area contributed by atoms with Crippen LogP contribution in [0.4, 0.5) is 19.0 Å². The van der Waals surface area contributed by atoms with Gasteiger partial charge in [0.2, 0.25) is 0 Å². The Balaban J connectivity index is 2.18. The van der Waals surface area contributed by atoms with E-state index in [2.05, 4.69) is 20.3 Å². The molecule has 2 aromatic heterocycles. The van der Waals surface area contributed by atoms with E-state index in [0.29, 0.717) is 6.42 Å². The van der Waals surface area contributed by atoms with Crippen molar-refractivity contribution in [2.24, 2.45) is 0 Å². The van der Waals surface area contributed by atoms with E-state index in [1.165, 1.54) is 12.4 Å². The van der Waals surface area contributed by atoms with Crippen LogP contribution in [-0.2, 0) is 6.18 Å². The molecule has 0 aliphatic heterocycles. The van der Waals surface area contributed by atoms with Crippen molar-refractivity contribution in [3.05, 3.63) is 34.2 Å². The van der Waals surface area contributed by atoms with Crippen molar-refractivity contribution in [1.82, 2.24) is 20.3 Å². The quantitative estimate of drug-likeness (QED) is 0.897. The number of thiazole rings is 1. The molecule has 2 heterocycles. The summed E-state index contributed by atoms with van der Waals surface area (Å²) in [4.78, 5) is 23.1. The Labute approximate surface area is 127 Å². The van der Waals surface area contributed by atoms with E-state index < -0.39 is 23.8 Å². The van der Waals surface area contributed by atoms with Crippen molar-refractivity contribution in [2.45, 2.75) is 25.6 Å². The highest BCUT2D eigenvalue weighted by Crippen LogP contribution is 2.32. The van der Waals surface area contributed by atoms with Gasteiger partial charge in [0, 0.05) is 17.8 Å². The Morgan fingerprint density at radius 3 is 2.64 bits per heavy atom. The second-order valence-electron chi connectivity index (χ2n) is 4.29. The van der Waals surface area contributed by atoms with Gasteiger partial charge in [-0.3, -0.25) is 4.79 Å². The average Bonchev–Trinajstić information content (AvgIpc) is 2.94. The summed E-state index contributed by atoms with van der Waals surface area (Å²) in [7, 11) is 0. The van der Waals surface area contributed by atoms with Gasteiger partial charge in [0.25, 0.3) is 5.91 Å². The fourth-order valence-corrected chi connectivity index (χ4v) is 2.63. The fourth-order valence-electron chi connectivity index (χ4n) is 1.67. The molecule has 3 N–H and O–H groups in total. The summed E-state index contributed by atoms with van der Waals surface area (Å²) in [6, 6.07) is -0.657. The summed E-state index contributed by atoms with van der Waals surface area (Å²) in [5.41, 5.74) is 4.49. The Morgan fingerprint density at radius 1 is 1.41 bits per heavy atom. The predicted octanol–water partition coefficient (Wildman–Crippen LogP) is 2.42. The van der Waals surface area contributed by atoms with Crippen LogP contribution in [0.5, 0.6) is 0 Å². The molecule has 0 spiro atoms. The molecule has 0 aliphatic rings. The average molecular weight is 331 g/mol. The molecular formula is C12H12F3N5OS. The largest absolute Gasteiger partial charge is 0.434 e. The SMILES string of the molecule is CCC(NC(=O)c1nccnc1N)c1nc(C(F)(F)F)cs1. The minimum atomic E-state index is -4.51. The Bertz CT molecular complexity index is 673. The molecule has 6 nitrogen and oxygen atoms in total. The summed E-state index contributed by atoms with van der Waals surface area (Å²) in [5, 5.41) is 3.65. The number of alkyl halides is 3. The molecule has 2 aromatic rings. The molecule has 0 saturated carbocycles. The number of aromatic nitrogens is 3. The fraction of sp³-hybridized carbons (Fsp3) is 0.333. The molecule has 1 unspecified atom stereocenters. The zero-order chi connectivity index (χ0) is 16.3. The highest BCUT2D eigenvalue weighted by atomic mass is 32.1. The van der Waals surface area contributed by atoms with Crippen LogP contribution in [0.15, 0.2) is 17.8 Å². The molecule has 0 aromatic carbocycles. The first-order valence-electron chi connectivity index (χ1n) is 6.23. The van der Waals surface area contributed by atoms with Crippen molar-refractivity contribution >= 4 is 23.1 Å². The first-order valence-corrected chi connectivity index (χ1v) is 7.10. The second kappa shape index (κ2) is 6.26. The number of rotatable bonds is 4. The van der Waals surface area contributed by atoms with E-state index in [1.807, 2.05) is 0 Å². The zero-order valence-corrected chi connectivity index (χ0v) is 12.2. The third-order valence-corrected chi connectivity index (χ3v) is 3.72. The number of halogens is 3. The number of nitrogens with two attached hydrogens (primary N) is 1. The van der Waals surface area contributed by atoms with Gasteiger partial charge in [-0.1, -0.05) is 6.92 Å². The van der Waals surface area contributed by atoms with Crippen LogP contribution in [-0.4, -0.2) is 20.9 Å². The summed E-state index contributed by atoms with van der Waals surface area (Å²) in [6.45, 7) is 1.72. The van der Waals surface area contributed by atoms with Crippen LogP contribution >= 0.6 is 11.3 Å². The molecule has 0 aliphatic carbocycles. The number of amides is 1. The van der Waals surface area contributed by atoms with Gasteiger partial charge in [-0.05, 0) is 6.42 Å². The molecule has 22 heavy (non-hydrogen) atoms. The maximum Gasteiger partial charge on any atom is 0.434 e. The number of hydrogen-bond donors (Lipinski definition) is 2. The van der Waals surface area contributed by atoms with Crippen molar-refractivity contribution in [3.8, 4) is 0 Å². The molecule has 0 radical (unpaired) electrons. The molecule has 0 saturated heterocycles. The number of anilines is 1. The molecule has 1 amide bonds. The van der Waals surface area contributed by atoms with E-state index in [9.17, 15) is 18.0 Å². The second-order valence-corrected chi connectivity index (χ2v) is 5.18. The molecule has 10 heteroatoms. The standard InChI is InChI=1S/C12H12F3N5OS/c1-2-6(11-20-7(5-22-11)12(13,14)15)19-10(21)8-9(16)18-4-3-17-8/h3-6H,2H2,1H3,(H2,16,18)(H,19,21). The maximum absolute atomic E-state index is 12.6. The van der Waals surface area contributed by atoms with Crippen LogP contribution in [0.2, 0.25) is 0 Å². The maximum atomic E-state index is 12.6. The number of nitrogen functional groups attached to an aromatic ring is 1. The Morgan fingerprint density at radius 2 is 2.09 bits per heavy atom. The molecule has 1 atom stereocenters. The summed E-state index contributed by atoms with van der Waals surface area (Å²) < 4.78 is 37.7. The minimum Gasteiger partial charge on any atom is -0.382 e. The van der Waals surface area contributed by atoms with Crippen molar-refractivity contribution in [2.75, 3.05) is 5.73 Å².